The topological polar surface area (TPSA) is 29.4 Å². The van der Waals surface area contributed by atoms with Gasteiger partial charge in [0.1, 0.15) is 0 Å². The molecular formula is C13H23N3O. The zero-order valence-corrected chi connectivity index (χ0v) is 10.7. The monoisotopic (exact) mass is 237 g/mol. The SMILES string of the molecule is Cn1cccc1CNCCCN1CCOCC1. The predicted octanol–water partition coefficient (Wildman–Crippen LogP) is 0.837. The number of ether oxygens (including phenoxy) is 1. The maximum atomic E-state index is 5.33. The van der Waals surface area contributed by atoms with Crippen molar-refractivity contribution < 1.29 is 4.74 Å². The highest BCUT2D eigenvalue weighted by molar-refractivity contribution is 5.05. The molecule has 4 heteroatoms. The van der Waals surface area contributed by atoms with Gasteiger partial charge in [-0.15, -0.1) is 0 Å². The fourth-order valence-corrected chi connectivity index (χ4v) is 2.15. The second-order valence-electron chi connectivity index (χ2n) is 4.59. The molecule has 0 spiro atoms. The van der Waals surface area contributed by atoms with Crippen LogP contribution >= 0.6 is 0 Å². The summed E-state index contributed by atoms with van der Waals surface area (Å²) >= 11 is 0. The normalized spacial score (nSPS) is 17.5. The van der Waals surface area contributed by atoms with Gasteiger partial charge >= 0.3 is 0 Å². The van der Waals surface area contributed by atoms with E-state index in [1.807, 2.05) is 0 Å². The molecule has 0 aromatic carbocycles. The molecular weight excluding hydrogens is 214 g/mol. The zero-order chi connectivity index (χ0) is 11.9. The van der Waals surface area contributed by atoms with Crippen LogP contribution in [0.15, 0.2) is 18.3 Å². The van der Waals surface area contributed by atoms with Crippen molar-refractivity contribution in [2.45, 2.75) is 13.0 Å². The van der Waals surface area contributed by atoms with Crippen LogP contribution in [0.4, 0.5) is 0 Å². The van der Waals surface area contributed by atoms with Crippen molar-refractivity contribution in [3.63, 3.8) is 0 Å². The Morgan fingerprint density at radius 1 is 1.35 bits per heavy atom. The minimum Gasteiger partial charge on any atom is -0.379 e. The molecule has 1 aliphatic heterocycles. The molecule has 1 aromatic rings. The fraction of sp³-hybridized carbons (Fsp3) is 0.692. The number of aryl methyl sites for hydroxylation is 1. The molecule has 1 N–H and O–H groups in total. The van der Waals surface area contributed by atoms with Crippen LogP contribution in [0, 0.1) is 0 Å². The molecule has 0 radical (unpaired) electrons. The van der Waals surface area contributed by atoms with E-state index in [0.29, 0.717) is 0 Å². The van der Waals surface area contributed by atoms with Crippen LogP contribution < -0.4 is 5.32 Å². The van der Waals surface area contributed by atoms with Crippen molar-refractivity contribution in [3.05, 3.63) is 24.0 Å². The van der Waals surface area contributed by atoms with Crippen molar-refractivity contribution in [1.29, 1.82) is 0 Å². The molecule has 2 heterocycles. The molecule has 4 nitrogen and oxygen atoms in total. The van der Waals surface area contributed by atoms with Crippen molar-refractivity contribution >= 4 is 0 Å². The molecule has 1 fully saturated rings. The first-order valence-electron chi connectivity index (χ1n) is 6.47. The van der Waals surface area contributed by atoms with E-state index in [2.05, 4.69) is 40.2 Å². The minimum atomic E-state index is 0.900. The summed E-state index contributed by atoms with van der Waals surface area (Å²) in [7, 11) is 2.09. The van der Waals surface area contributed by atoms with Gasteiger partial charge in [-0.05, 0) is 31.6 Å². The average molecular weight is 237 g/mol. The van der Waals surface area contributed by atoms with Crippen LogP contribution in [0.2, 0.25) is 0 Å². The van der Waals surface area contributed by atoms with E-state index in [0.717, 1.165) is 39.4 Å². The Bertz CT molecular complexity index is 318. The molecule has 17 heavy (non-hydrogen) atoms. The van der Waals surface area contributed by atoms with Crippen LogP contribution in [0.25, 0.3) is 0 Å². The van der Waals surface area contributed by atoms with E-state index in [-0.39, 0.29) is 0 Å². The van der Waals surface area contributed by atoms with Gasteiger partial charge in [0, 0.05) is 38.6 Å². The zero-order valence-electron chi connectivity index (χ0n) is 10.7. The van der Waals surface area contributed by atoms with E-state index in [9.17, 15) is 0 Å². The Morgan fingerprint density at radius 3 is 2.88 bits per heavy atom. The lowest BCUT2D eigenvalue weighted by Gasteiger charge is -2.26. The van der Waals surface area contributed by atoms with Crippen LogP contribution in [-0.4, -0.2) is 48.9 Å². The lowest BCUT2D eigenvalue weighted by atomic mass is 10.3. The fourth-order valence-electron chi connectivity index (χ4n) is 2.15. The highest BCUT2D eigenvalue weighted by Crippen LogP contribution is 1.99. The first-order valence-corrected chi connectivity index (χ1v) is 6.47. The summed E-state index contributed by atoms with van der Waals surface area (Å²) in [6.07, 6.45) is 3.30. The Labute approximate surface area is 104 Å². The van der Waals surface area contributed by atoms with Crippen LogP contribution in [0.3, 0.4) is 0 Å². The first kappa shape index (κ1) is 12.6. The van der Waals surface area contributed by atoms with Crippen LogP contribution in [0.5, 0.6) is 0 Å². The summed E-state index contributed by atoms with van der Waals surface area (Å²) in [5.41, 5.74) is 1.34. The summed E-state index contributed by atoms with van der Waals surface area (Å²) in [6.45, 7) is 7.22. The van der Waals surface area contributed by atoms with Crippen molar-refractivity contribution in [2.24, 2.45) is 7.05 Å². The van der Waals surface area contributed by atoms with Gasteiger partial charge in [0.25, 0.3) is 0 Å². The van der Waals surface area contributed by atoms with Gasteiger partial charge in [0.05, 0.1) is 13.2 Å². The van der Waals surface area contributed by atoms with Gasteiger partial charge in [0.2, 0.25) is 0 Å². The third-order valence-electron chi connectivity index (χ3n) is 3.29. The second-order valence-corrected chi connectivity index (χ2v) is 4.59. The van der Waals surface area contributed by atoms with E-state index in [4.69, 9.17) is 4.74 Å². The van der Waals surface area contributed by atoms with Gasteiger partial charge < -0.3 is 14.6 Å². The van der Waals surface area contributed by atoms with Crippen LogP contribution in [-0.2, 0) is 18.3 Å². The summed E-state index contributed by atoms with van der Waals surface area (Å²) in [5.74, 6) is 0. The van der Waals surface area contributed by atoms with Crippen molar-refractivity contribution in [2.75, 3.05) is 39.4 Å². The number of nitrogens with zero attached hydrogens (tertiary/aromatic N) is 2. The smallest absolute Gasteiger partial charge is 0.0594 e. The van der Waals surface area contributed by atoms with Gasteiger partial charge in [-0.3, -0.25) is 4.90 Å². The molecule has 2 rings (SSSR count). The highest BCUT2D eigenvalue weighted by atomic mass is 16.5. The number of hydrogen-bond donors (Lipinski definition) is 1. The molecule has 1 saturated heterocycles. The number of nitrogens with one attached hydrogen (secondary N) is 1. The molecule has 0 amide bonds. The third-order valence-corrected chi connectivity index (χ3v) is 3.29. The Balaban J connectivity index is 1.53. The number of rotatable bonds is 6. The summed E-state index contributed by atoms with van der Waals surface area (Å²) in [5, 5.41) is 3.49. The summed E-state index contributed by atoms with van der Waals surface area (Å²) in [4.78, 5) is 2.48. The lowest BCUT2D eigenvalue weighted by molar-refractivity contribution is 0.0374. The molecule has 0 bridgehead atoms. The number of hydrogen-bond acceptors (Lipinski definition) is 3. The maximum absolute atomic E-state index is 5.33. The molecule has 0 aliphatic carbocycles. The standard InChI is InChI=1S/C13H23N3O/c1-15-6-2-4-13(15)12-14-5-3-7-16-8-10-17-11-9-16/h2,4,6,14H,3,5,7-12H2,1H3. The Kier molecular flexibility index (Phi) is 5.04. The number of aromatic nitrogens is 1. The minimum absolute atomic E-state index is 0.900. The maximum Gasteiger partial charge on any atom is 0.0594 e. The third kappa shape index (κ3) is 4.15. The molecule has 1 aliphatic rings. The number of morpholine rings is 1. The van der Waals surface area contributed by atoms with Crippen LogP contribution in [0.1, 0.15) is 12.1 Å². The predicted molar refractivity (Wildman–Crippen MR) is 69.0 cm³/mol. The molecule has 0 atom stereocenters. The Morgan fingerprint density at radius 2 is 2.18 bits per heavy atom. The largest absolute Gasteiger partial charge is 0.379 e. The first-order chi connectivity index (χ1) is 8.36. The van der Waals surface area contributed by atoms with Crippen molar-refractivity contribution in [1.82, 2.24) is 14.8 Å². The second kappa shape index (κ2) is 6.79. The summed E-state index contributed by atoms with van der Waals surface area (Å²) in [6, 6.07) is 4.25. The molecule has 0 saturated carbocycles. The molecule has 1 aromatic heterocycles. The average Bonchev–Trinajstić information content (AvgIpc) is 2.76. The van der Waals surface area contributed by atoms with Crippen molar-refractivity contribution in [3.8, 4) is 0 Å². The Hall–Kier alpha value is -0.840. The highest BCUT2D eigenvalue weighted by Gasteiger charge is 2.08. The van der Waals surface area contributed by atoms with E-state index < -0.39 is 0 Å². The van der Waals surface area contributed by atoms with Gasteiger partial charge in [-0.1, -0.05) is 0 Å². The molecule has 96 valence electrons. The van der Waals surface area contributed by atoms with Gasteiger partial charge in [0.15, 0.2) is 0 Å². The van der Waals surface area contributed by atoms with Gasteiger partial charge in [-0.2, -0.15) is 0 Å². The van der Waals surface area contributed by atoms with E-state index >= 15 is 0 Å². The quantitative estimate of drug-likeness (QED) is 0.743. The van der Waals surface area contributed by atoms with E-state index in [1.54, 1.807) is 0 Å². The molecule has 0 unspecified atom stereocenters. The van der Waals surface area contributed by atoms with Gasteiger partial charge in [-0.25, -0.2) is 0 Å². The summed E-state index contributed by atoms with van der Waals surface area (Å²) < 4.78 is 7.49. The van der Waals surface area contributed by atoms with E-state index in [1.165, 1.54) is 18.7 Å². The lowest BCUT2D eigenvalue weighted by Crippen LogP contribution is -2.37.